The number of likely N-dealkylation sites (tertiary alicyclic amines) is 1. The molecule has 1 aromatic heterocycles. The van der Waals surface area contributed by atoms with E-state index in [0.29, 0.717) is 25.8 Å². The zero-order valence-electron chi connectivity index (χ0n) is 18.7. The monoisotopic (exact) mass is 431 g/mol. The zero-order chi connectivity index (χ0) is 22.3. The van der Waals surface area contributed by atoms with Crippen LogP contribution in [-0.2, 0) is 24.8 Å². The molecule has 7 nitrogen and oxygen atoms in total. The van der Waals surface area contributed by atoms with E-state index in [2.05, 4.69) is 15.5 Å². The SMILES string of the molecule is CN1C(=O)N(CCc2ccccc2)C(=O)C12CCN(Cc1nc3ccccc3n1C)CC2. The molecule has 0 aliphatic carbocycles. The highest BCUT2D eigenvalue weighted by molar-refractivity contribution is 6.07. The van der Waals surface area contributed by atoms with Crippen molar-refractivity contribution in [3.8, 4) is 0 Å². The topological polar surface area (TPSA) is 61.7 Å². The van der Waals surface area contributed by atoms with Gasteiger partial charge in [0, 0.05) is 33.7 Å². The van der Waals surface area contributed by atoms with Gasteiger partial charge in [-0.15, -0.1) is 0 Å². The summed E-state index contributed by atoms with van der Waals surface area (Å²) in [5.41, 5.74) is 2.55. The summed E-state index contributed by atoms with van der Waals surface area (Å²) in [6.07, 6.45) is 1.99. The van der Waals surface area contributed by atoms with Crippen LogP contribution in [0.4, 0.5) is 4.79 Å². The summed E-state index contributed by atoms with van der Waals surface area (Å²) in [5.74, 6) is 0.983. The molecule has 0 unspecified atom stereocenters. The summed E-state index contributed by atoms with van der Waals surface area (Å²) >= 11 is 0. The number of hydrogen-bond donors (Lipinski definition) is 0. The Morgan fingerprint density at radius 1 is 0.938 bits per heavy atom. The van der Waals surface area contributed by atoms with E-state index in [0.717, 1.165) is 42.1 Å². The van der Waals surface area contributed by atoms with Gasteiger partial charge in [0.15, 0.2) is 0 Å². The lowest BCUT2D eigenvalue weighted by molar-refractivity contribution is -0.135. The van der Waals surface area contributed by atoms with Crippen molar-refractivity contribution in [1.82, 2.24) is 24.3 Å². The minimum absolute atomic E-state index is 0.0386. The predicted octanol–water partition coefficient (Wildman–Crippen LogP) is 3.04. The first kappa shape index (κ1) is 20.7. The number of amides is 3. The number of nitrogens with zero attached hydrogens (tertiary/aromatic N) is 5. The Hall–Kier alpha value is -3.19. The predicted molar refractivity (Wildman–Crippen MR) is 123 cm³/mol. The largest absolute Gasteiger partial charge is 0.330 e. The number of hydrogen-bond acceptors (Lipinski definition) is 4. The normalized spacial score (nSPS) is 18.9. The van der Waals surface area contributed by atoms with Crippen LogP contribution in [0.1, 0.15) is 24.2 Å². The second-order valence-electron chi connectivity index (χ2n) is 8.92. The van der Waals surface area contributed by atoms with Crippen molar-refractivity contribution >= 4 is 23.0 Å². The van der Waals surface area contributed by atoms with Gasteiger partial charge in [-0.05, 0) is 37.0 Å². The van der Waals surface area contributed by atoms with Crippen molar-refractivity contribution in [3.05, 3.63) is 66.0 Å². The number of aryl methyl sites for hydroxylation is 1. The number of benzene rings is 2. The summed E-state index contributed by atoms with van der Waals surface area (Å²) < 4.78 is 2.14. The molecule has 2 saturated heterocycles. The fourth-order valence-electron chi connectivity index (χ4n) is 5.10. The van der Waals surface area contributed by atoms with Crippen LogP contribution < -0.4 is 0 Å². The van der Waals surface area contributed by atoms with E-state index in [1.54, 1.807) is 11.9 Å². The van der Waals surface area contributed by atoms with Crippen LogP contribution in [0.2, 0.25) is 0 Å². The quantitative estimate of drug-likeness (QED) is 0.583. The number of aromatic nitrogens is 2. The highest BCUT2D eigenvalue weighted by Crippen LogP contribution is 2.36. The highest BCUT2D eigenvalue weighted by Gasteiger charge is 2.56. The number of urea groups is 1. The minimum Gasteiger partial charge on any atom is -0.330 e. The van der Waals surface area contributed by atoms with Gasteiger partial charge in [0.2, 0.25) is 0 Å². The molecule has 5 rings (SSSR count). The van der Waals surface area contributed by atoms with E-state index >= 15 is 0 Å². The Labute approximate surface area is 188 Å². The van der Waals surface area contributed by atoms with E-state index in [1.165, 1.54) is 4.90 Å². The molecule has 2 aliphatic rings. The van der Waals surface area contributed by atoms with Crippen molar-refractivity contribution < 1.29 is 9.59 Å². The molecule has 2 aromatic carbocycles. The van der Waals surface area contributed by atoms with E-state index in [-0.39, 0.29) is 11.9 Å². The van der Waals surface area contributed by atoms with Crippen LogP contribution in [0.15, 0.2) is 54.6 Å². The molecule has 0 saturated carbocycles. The molecule has 2 aliphatic heterocycles. The molecule has 0 atom stereocenters. The van der Waals surface area contributed by atoms with Gasteiger partial charge in [-0.1, -0.05) is 42.5 Å². The van der Waals surface area contributed by atoms with Gasteiger partial charge in [0.1, 0.15) is 11.4 Å². The highest BCUT2D eigenvalue weighted by atomic mass is 16.2. The van der Waals surface area contributed by atoms with Gasteiger partial charge in [-0.3, -0.25) is 14.6 Å². The van der Waals surface area contributed by atoms with Crippen LogP contribution in [-0.4, -0.2) is 68.4 Å². The average molecular weight is 432 g/mol. The summed E-state index contributed by atoms with van der Waals surface area (Å²) in [7, 11) is 3.83. The fourth-order valence-corrected chi connectivity index (χ4v) is 5.10. The number of rotatable bonds is 5. The molecule has 0 N–H and O–H groups in total. The molecule has 3 aromatic rings. The Morgan fingerprint density at radius 2 is 1.62 bits per heavy atom. The number of piperidine rings is 1. The molecule has 2 fully saturated rings. The second-order valence-corrected chi connectivity index (χ2v) is 8.92. The summed E-state index contributed by atoms with van der Waals surface area (Å²) in [4.78, 5) is 36.6. The lowest BCUT2D eigenvalue weighted by Crippen LogP contribution is -2.55. The van der Waals surface area contributed by atoms with Crippen LogP contribution in [0.3, 0.4) is 0 Å². The Bertz CT molecular complexity index is 1150. The van der Waals surface area contributed by atoms with Crippen LogP contribution in [0.25, 0.3) is 11.0 Å². The Kier molecular flexibility index (Phi) is 5.21. The molecule has 32 heavy (non-hydrogen) atoms. The summed E-state index contributed by atoms with van der Waals surface area (Å²) in [5, 5.41) is 0. The van der Waals surface area contributed by atoms with E-state index < -0.39 is 5.54 Å². The molecule has 1 spiro atoms. The molecular formula is C25H29N5O2. The third kappa shape index (κ3) is 3.37. The number of imide groups is 1. The molecule has 3 amide bonds. The van der Waals surface area contributed by atoms with Crippen LogP contribution in [0, 0.1) is 0 Å². The lowest BCUT2D eigenvalue weighted by atomic mass is 9.86. The fraction of sp³-hybridized carbons (Fsp3) is 0.400. The maximum absolute atomic E-state index is 13.4. The molecule has 166 valence electrons. The number of para-hydroxylation sites is 2. The van der Waals surface area contributed by atoms with Gasteiger partial charge in [-0.25, -0.2) is 9.78 Å². The maximum Gasteiger partial charge on any atom is 0.327 e. The van der Waals surface area contributed by atoms with E-state index in [1.807, 2.05) is 55.6 Å². The van der Waals surface area contributed by atoms with Crippen molar-refractivity contribution in [3.63, 3.8) is 0 Å². The Morgan fingerprint density at radius 3 is 2.34 bits per heavy atom. The summed E-state index contributed by atoms with van der Waals surface area (Å²) in [6.45, 7) is 2.69. The molecular weight excluding hydrogens is 402 g/mol. The van der Waals surface area contributed by atoms with Crippen LogP contribution >= 0.6 is 0 Å². The number of carbonyl (C=O) groups excluding carboxylic acids is 2. The smallest absolute Gasteiger partial charge is 0.327 e. The van der Waals surface area contributed by atoms with E-state index in [9.17, 15) is 9.59 Å². The van der Waals surface area contributed by atoms with Crippen molar-refractivity contribution in [2.45, 2.75) is 31.3 Å². The molecule has 3 heterocycles. The third-order valence-electron chi connectivity index (χ3n) is 7.20. The number of carbonyl (C=O) groups is 2. The van der Waals surface area contributed by atoms with Gasteiger partial charge in [0.25, 0.3) is 5.91 Å². The van der Waals surface area contributed by atoms with Crippen molar-refractivity contribution in [2.24, 2.45) is 7.05 Å². The number of imidazole rings is 1. The standard InChI is InChI=1S/C25H29N5O2/c1-27-21-11-7-6-10-20(21)26-22(27)18-29-16-13-25(14-17-29)23(31)30(24(32)28(25)2)15-12-19-8-4-3-5-9-19/h3-11H,12-18H2,1-2H3. The van der Waals surface area contributed by atoms with E-state index in [4.69, 9.17) is 4.98 Å². The van der Waals surface area contributed by atoms with Crippen molar-refractivity contribution in [1.29, 1.82) is 0 Å². The minimum atomic E-state index is -0.712. The maximum atomic E-state index is 13.4. The molecule has 0 bridgehead atoms. The summed E-state index contributed by atoms with van der Waals surface area (Å²) in [6, 6.07) is 18.0. The van der Waals surface area contributed by atoms with Crippen molar-refractivity contribution in [2.75, 3.05) is 26.7 Å². The third-order valence-corrected chi connectivity index (χ3v) is 7.20. The average Bonchev–Trinajstić information content (AvgIpc) is 3.22. The lowest BCUT2D eigenvalue weighted by Gasteiger charge is -2.40. The van der Waals surface area contributed by atoms with Gasteiger partial charge in [-0.2, -0.15) is 0 Å². The first-order valence-electron chi connectivity index (χ1n) is 11.3. The van der Waals surface area contributed by atoms with Gasteiger partial charge in [0.05, 0.1) is 17.6 Å². The number of likely N-dealkylation sites (N-methyl/N-ethyl adjacent to an activating group) is 1. The van der Waals surface area contributed by atoms with Gasteiger partial charge < -0.3 is 9.47 Å². The number of fused-ring (bicyclic) bond motifs is 1. The first-order valence-corrected chi connectivity index (χ1v) is 11.3. The van der Waals surface area contributed by atoms with Gasteiger partial charge >= 0.3 is 6.03 Å². The molecule has 0 radical (unpaired) electrons. The Balaban J connectivity index is 1.26. The first-order chi connectivity index (χ1) is 15.5. The van der Waals surface area contributed by atoms with Crippen LogP contribution in [0.5, 0.6) is 0 Å². The zero-order valence-corrected chi connectivity index (χ0v) is 18.7. The second kappa shape index (κ2) is 8.06. The molecule has 7 heteroatoms.